The van der Waals surface area contributed by atoms with Gasteiger partial charge in [-0.3, -0.25) is 0 Å². The summed E-state index contributed by atoms with van der Waals surface area (Å²) in [6.45, 7) is 6.31. The first-order valence-electron chi connectivity index (χ1n) is 8.37. The van der Waals surface area contributed by atoms with Crippen LogP contribution in [0.25, 0.3) is 11.4 Å². The Bertz CT molecular complexity index is 864. The lowest BCUT2D eigenvalue weighted by Crippen LogP contribution is -2.25. The first kappa shape index (κ1) is 17.0. The normalized spacial score (nSPS) is 11.6. The number of aromatic nitrogens is 3. The van der Waals surface area contributed by atoms with Crippen LogP contribution in [-0.4, -0.2) is 25.0 Å². The molecule has 0 amide bonds. The second kappa shape index (κ2) is 6.59. The van der Waals surface area contributed by atoms with E-state index in [0.717, 1.165) is 22.8 Å². The maximum absolute atomic E-state index is 9.65. The maximum Gasteiger partial charge on any atom is 0.181 e. The standard InChI is InChI=1S/C20H23N3O2/c1-20(2,3)23-18(12-10-14-9-11-16(24)17(25)13-14)21-19(22-23)15-7-5-4-6-8-15/h4-9,11,13,24-25H,10,12H2,1-3H3. The van der Waals surface area contributed by atoms with Gasteiger partial charge in [0.05, 0.1) is 5.54 Å². The van der Waals surface area contributed by atoms with E-state index in [-0.39, 0.29) is 17.0 Å². The second-order valence-corrected chi connectivity index (χ2v) is 7.12. The van der Waals surface area contributed by atoms with E-state index < -0.39 is 0 Å². The van der Waals surface area contributed by atoms with Crippen LogP contribution in [0.15, 0.2) is 48.5 Å². The topological polar surface area (TPSA) is 71.2 Å². The molecule has 1 heterocycles. The quantitative estimate of drug-likeness (QED) is 0.708. The summed E-state index contributed by atoms with van der Waals surface area (Å²) in [7, 11) is 0. The highest BCUT2D eigenvalue weighted by Gasteiger charge is 2.21. The molecule has 25 heavy (non-hydrogen) atoms. The molecule has 0 saturated heterocycles. The molecule has 0 radical (unpaired) electrons. The molecular weight excluding hydrogens is 314 g/mol. The number of phenolic OH excluding ortho intramolecular Hbond substituents is 2. The molecule has 0 aliphatic carbocycles. The van der Waals surface area contributed by atoms with E-state index in [1.54, 1.807) is 6.07 Å². The molecule has 0 spiro atoms. The zero-order valence-electron chi connectivity index (χ0n) is 14.8. The Morgan fingerprint density at radius 2 is 1.64 bits per heavy atom. The van der Waals surface area contributed by atoms with E-state index in [9.17, 15) is 10.2 Å². The molecule has 3 rings (SSSR count). The molecule has 5 heteroatoms. The highest BCUT2D eigenvalue weighted by Crippen LogP contribution is 2.26. The summed E-state index contributed by atoms with van der Waals surface area (Å²) in [6, 6.07) is 14.8. The van der Waals surface area contributed by atoms with Crippen LogP contribution in [0.3, 0.4) is 0 Å². The minimum absolute atomic E-state index is 0.0974. The van der Waals surface area contributed by atoms with E-state index in [1.807, 2.05) is 41.1 Å². The third-order valence-corrected chi connectivity index (χ3v) is 4.02. The molecule has 0 fully saturated rings. The predicted octanol–water partition coefficient (Wildman–Crippen LogP) is 3.90. The van der Waals surface area contributed by atoms with Crippen LogP contribution in [0, 0.1) is 0 Å². The van der Waals surface area contributed by atoms with E-state index in [2.05, 4.69) is 20.8 Å². The summed E-state index contributed by atoms with van der Waals surface area (Å²) in [4.78, 5) is 4.74. The number of benzene rings is 2. The molecule has 5 nitrogen and oxygen atoms in total. The fourth-order valence-corrected chi connectivity index (χ4v) is 2.73. The Morgan fingerprint density at radius 3 is 2.28 bits per heavy atom. The number of hydrogen-bond acceptors (Lipinski definition) is 4. The number of phenols is 2. The molecule has 0 aliphatic rings. The summed E-state index contributed by atoms with van der Waals surface area (Å²) in [5, 5.41) is 23.8. The molecule has 0 atom stereocenters. The SMILES string of the molecule is CC(C)(C)n1nc(-c2ccccc2)nc1CCc1ccc(O)c(O)c1. The number of aromatic hydroxyl groups is 2. The fourth-order valence-electron chi connectivity index (χ4n) is 2.73. The Hall–Kier alpha value is -2.82. The first-order valence-corrected chi connectivity index (χ1v) is 8.37. The molecule has 2 aromatic carbocycles. The molecule has 2 N–H and O–H groups in total. The summed E-state index contributed by atoms with van der Waals surface area (Å²) >= 11 is 0. The highest BCUT2D eigenvalue weighted by molar-refractivity contribution is 5.54. The van der Waals surface area contributed by atoms with Crippen LogP contribution < -0.4 is 0 Å². The van der Waals surface area contributed by atoms with Gasteiger partial charge in [-0.2, -0.15) is 5.10 Å². The second-order valence-electron chi connectivity index (χ2n) is 7.12. The van der Waals surface area contributed by atoms with Crippen LogP contribution in [-0.2, 0) is 18.4 Å². The Morgan fingerprint density at radius 1 is 0.920 bits per heavy atom. The summed E-state index contributed by atoms with van der Waals surface area (Å²) < 4.78 is 1.97. The van der Waals surface area contributed by atoms with E-state index in [1.165, 1.54) is 6.07 Å². The summed E-state index contributed by atoms with van der Waals surface area (Å²) in [5.74, 6) is 1.42. The van der Waals surface area contributed by atoms with Crippen LogP contribution in [0.5, 0.6) is 11.5 Å². The Kier molecular flexibility index (Phi) is 4.49. The zero-order chi connectivity index (χ0) is 18.0. The van der Waals surface area contributed by atoms with Gasteiger partial charge < -0.3 is 10.2 Å². The molecular formula is C20H23N3O2. The average Bonchev–Trinajstić information content (AvgIpc) is 3.01. The van der Waals surface area contributed by atoms with Gasteiger partial charge in [-0.1, -0.05) is 36.4 Å². The van der Waals surface area contributed by atoms with Crippen LogP contribution >= 0.6 is 0 Å². The number of aryl methyl sites for hydroxylation is 2. The third kappa shape index (κ3) is 3.82. The lowest BCUT2D eigenvalue weighted by Gasteiger charge is -2.21. The van der Waals surface area contributed by atoms with Crippen LogP contribution in [0.1, 0.15) is 32.2 Å². The van der Waals surface area contributed by atoms with Crippen molar-refractivity contribution in [3.63, 3.8) is 0 Å². The molecule has 0 aliphatic heterocycles. The Labute approximate surface area is 147 Å². The molecule has 0 unspecified atom stereocenters. The van der Waals surface area contributed by atoms with Crippen molar-refractivity contribution >= 4 is 0 Å². The van der Waals surface area contributed by atoms with Gasteiger partial charge in [0.15, 0.2) is 17.3 Å². The van der Waals surface area contributed by atoms with Gasteiger partial charge in [0.25, 0.3) is 0 Å². The van der Waals surface area contributed by atoms with Gasteiger partial charge in [0.1, 0.15) is 5.82 Å². The summed E-state index contributed by atoms with van der Waals surface area (Å²) in [6.07, 6.45) is 1.40. The largest absolute Gasteiger partial charge is 0.504 e. The van der Waals surface area contributed by atoms with Crippen molar-refractivity contribution in [1.29, 1.82) is 0 Å². The van der Waals surface area contributed by atoms with Crippen molar-refractivity contribution in [2.75, 3.05) is 0 Å². The van der Waals surface area contributed by atoms with Gasteiger partial charge in [-0.05, 0) is 44.9 Å². The van der Waals surface area contributed by atoms with E-state index in [0.29, 0.717) is 12.8 Å². The van der Waals surface area contributed by atoms with Gasteiger partial charge in [-0.15, -0.1) is 0 Å². The first-order chi connectivity index (χ1) is 11.8. The number of nitrogens with zero attached hydrogens (tertiary/aromatic N) is 3. The average molecular weight is 337 g/mol. The van der Waals surface area contributed by atoms with E-state index in [4.69, 9.17) is 10.1 Å². The lowest BCUT2D eigenvalue weighted by atomic mass is 10.1. The lowest BCUT2D eigenvalue weighted by molar-refractivity contribution is 0.341. The van der Waals surface area contributed by atoms with Crippen molar-refractivity contribution in [1.82, 2.24) is 14.8 Å². The number of hydrogen-bond donors (Lipinski definition) is 2. The maximum atomic E-state index is 9.65. The molecule has 130 valence electrons. The fraction of sp³-hybridized carbons (Fsp3) is 0.300. The molecule has 3 aromatic rings. The van der Waals surface area contributed by atoms with Crippen molar-refractivity contribution in [3.05, 3.63) is 59.9 Å². The summed E-state index contributed by atoms with van der Waals surface area (Å²) in [5.41, 5.74) is 1.76. The van der Waals surface area contributed by atoms with E-state index >= 15 is 0 Å². The van der Waals surface area contributed by atoms with Gasteiger partial charge in [0.2, 0.25) is 0 Å². The van der Waals surface area contributed by atoms with Crippen molar-refractivity contribution in [3.8, 4) is 22.9 Å². The molecule has 0 bridgehead atoms. The van der Waals surface area contributed by atoms with Gasteiger partial charge in [-0.25, -0.2) is 9.67 Å². The van der Waals surface area contributed by atoms with Crippen molar-refractivity contribution < 1.29 is 10.2 Å². The van der Waals surface area contributed by atoms with Crippen molar-refractivity contribution in [2.45, 2.75) is 39.2 Å². The smallest absolute Gasteiger partial charge is 0.181 e. The van der Waals surface area contributed by atoms with Crippen LogP contribution in [0.2, 0.25) is 0 Å². The van der Waals surface area contributed by atoms with Crippen molar-refractivity contribution in [2.24, 2.45) is 0 Å². The van der Waals surface area contributed by atoms with Gasteiger partial charge in [0, 0.05) is 12.0 Å². The highest BCUT2D eigenvalue weighted by atomic mass is 16.3. The zero-order valence-corrected chi connectivity index (χ0v) is 14.8. The molecule has 1 aromatic heterocycles. The monoisotopic (exact) mass is 337 g/mol. The van der Waals surface area contributed by atoms with Crippen LogP contribution in [0.4, 0.5) is 0 Å². The third-order valence-electron chi connectivity index (χ3n) is 4.02. The number of rotatable bonds is 4. The van der Waals surface area contributed by atoms with Gasteiger partial charge >= 0.3 is 0 Å². The minimum atomic E-state index is -0.174. The molecule has 0 saturated carbocycles. The minimum Gasteiger partial charge on any atom is -0.504 e. The predicted molar refractivity (Wildman–Crippen MR) is 97.6 cm³/mol. The Balaban J connectivity index is 1.89.